The monoisotopic (exact) mass is 363 g/mol. The second-order valence-corrected chi connectivity index (χ2v) is 5.62. The van der Waals surface area contributed by atoms with Gasteiger partial charge in [0, 0.05) is 5.69 Å². The van der Waals surface area contributed by atoms with Gasteiger partial charge in [-0.15, -0.1) is 0 Å². The van der Waals surface area contributed by atoms with Crippen LogP contribution in [-0.4, -0.2) is 15.7 Å². The third-order valence-corrected chi connectivity index (χ3v) is 3.64. The molecule has 0 saturated heterocycles. The van der Waals surface area contributed by atoms with Crippen molar-refractivity contribution in [2.24, 2.45) is 0 Å². The molecule has 0 aliphatic heterocycles. The third-order valence-electron chi connectivity index (χ3n) is 3.64. The Labute approximate surface area is 146 Å². The van der Waals surface area contributed by atoms with E-state index >= 15 is 0 Å². The van der Waals surface area contributed by atoms with Crippen LogP contribution < -0.4 is 5.32 Å². The number of hydrogen-bond acceptors (Lipinski definition) is 2. The molecular weight excluding hydrogens is 350 g/mol. The number of nitrogens with zero attached hydrogens (tertiary/aromatic N) is 2. The molecule has 0 aliphatic rings. The topological polar surface area (TPSA) is 46.9 Å². The van der Waals surface area contributed by atoms with Crippen molar-refractivity contribution in [1.82, 2.24) is 9.78 Å². The molecule has 134 valence electrons. The molecule has 0 spiro atoms. The van der Waals surface area contributed by atoms with E-state index in [2.05, 4.69) is 10.4 Å². The molecule has 26 heavy (non-hydrogen) atoms. The van der Waals surface area contributed by atoms with E-state index in [1.54, 1.807) is 19.1 Å². The van der Waals surface area contributed by atoms with Gasteiger partial charge in [0.25, 0.3) is 5.91 Å². The summed E-state index contributed by atoms with van der Waals surface area (Å²) < 4.78 is 54.6. The van der Waals surface area contributed by atoms with Crippen molar-refractivity contribution in [3.05, 3.63) is 77.4 Å². The molecule has 1 heterocycles. The first-order chi connectivity index (χ1) is 12.3. The van der Waals surface area contributed by atoms with Gasteiger partial charge in [-0.3, -0.25) is 4.79 Å². The number of carbonyl (C=O) groups is 1. The molecule has 4 nitrogen and oxygen atoms in total. The van der Waals surface area contributed by atoms with Crippen molar-refractivity contribution in [2.75, 3.05) is 5.32 Å². The minimum Gasteiger partial charge on any atom is -0.322 e. The average Bonchev–Trinajstić information content (AvgIpc) is 3.01. The molecule has 3 rings (SSSR count). The van der Waals surface area contributed by atoms with Crippen LogP contribution in [0.1, 0.15) is 21.6 Å². The van der Waals surface area contributed by atoms with Gasteiger partial charge in [-0.25, -0.2) is 9.07 Å². The normalized spacial score (nSPS) is 11.4. The van der Waals surface area contributed by atoms with Crippen LogP contribution in [0.25, 0.3) is 5.69 Å². The van der Waals surface area contributed by atoms with Crippen LogP contribution >= 0.6 is 0 Å². The van der Waals surface area contributed by atoms with Crippen LogP contribution in [-0.2, 0) is 6.18 Å². The number of rotatable bonds is 3. The van der Waals surface area contributed by atoms with Gasteiger partial charge in [0.05, 0.1) is 17.4 Å². The smallest absolute Gasteiger partial charge is 0.322 e. The van der Waals surface area contributed by atoms with Crippen LogP contribution in [0.2, 0.25) is 0 Å². The fraction of sp³-hybridized carbons (Fsp3) is 0.111. The van der Waals surface area contributed by atoms with Crippen LogP contribution in [0.3, 0.4) is 0 Å². The Morgan fingerprint density at radius 2 is 1.81 bits per heavy atom. The lowest BCUT2D eigenvalue weighted by Crippen LogP contribution is -2.20. The maximum atomic E-state index is 13.6. The summed E-state index contributed by atoms with van der Waals surface area (Å²) in [5.41, 5.74) is -0.755. The summed E-state index contributed by atoms with van der Waals surface area (Å²) >= 11 is 0. The predicted molar refractivity (Wildman–Crippen MR) is 87.7 cm³/mol. The van der Waals surface area contributed by atoms with Crippen molar-refractivity contribution in [1.29, 1.82) is 0 Å². The second-order valence-electron chi connectivity index (χ2n) is 5.62. The minimum atomic E-state index is -4.81. The van der Waals surface area contributed by atoms with E-state index in [0.717, 1.165) is 23.9 Å². The summed E-state index contributed by atoms with van der Waals surface area (Å²) in [5.74, 6) is -1.64. The summed E-state index contributed by atoms with van der Waals surface area (Å²) in [6, 6.07) is 11.1. The van der Waals surface area contributed by atoms with Crippen LogP contribution in [0.4, 0.5) is 23.2 Å². The van der Waals surface area contributed by atoms with Gasteiger partial charge in [0.1, 0.15) is 5.82 Å². The zero-order chi connectivity index (χ0) is 18.9. The van der Waals surface area contributed by atoms with E-state index in [-0.39, 0.29) is 11.4 Å². The molecule has 1 N–H and O–H groups in total. The summed E-state index contributed by atoms with van der Waals surface area (Å²) in [6.45, 7) is 1.80. The Hall–Kier alpha value is -3.16. The van der Waals surface area contributed by atoms with Crippen LogP contribution in [0, 0.1) is 12.7 Å². The predicted octanol–water partition coefficient (Wildman–Crippen LogP) is 4.59. The summed E-state index contributed by atoms with van der Waals surface area (Å²) in [5, 5.41) is 5.98. The first kappa shape index (κ1) is 17.7. The third kappa shape index (κ3) is 3.58. The lowest BCUT2D eigenvalue weighted by atomic mass is 10.2. The Bertz CT molecular complexity index is 946. The fourth-order valence-corrected chi connectivity index (χ4v) is 2.43. The maximum absolute atomic E-state index is 13.6. The number of aromatic nitrogens is 2. The van der Waals surface area contributed by atoms with Crippen molar-refractivity contribution in [3.63, 3.8) is 0 Å². The first-order valence-electron chi connectivity index (χ1n) is 7.55. The van der Waals surface area contributed by atoms with Crippen LogP contribution in [0.5, 0.6) is 0 Å². The van der Waals surface area contributed by atoms with Gasteiger partial charge in [-0.2, -0.15) is 18.3 Å². The van der Waals surface area contributed by atoms with Crippen molar-refractivity contribution in [3.8, 4) is 5.69 Å². The van der Waals surface area contributed by atoms with Gasteiger partial charge in [-0.1, -0.05) is 23.8 Å². The number of amides is 1. The molecule has 0 fully saturated rings. The Balaban J connectivity index is 2.02. The Morgan fingerprint density at radius 1 is 1.12 bits per heavy atom. The van der Waals surface area contributed by atoms with E-state index in [9.17, 15) is 22.4 Å². The second kappa shape index (κ2) is 6.62. The highest BCUT2D eigenvalue weighted by molar-refractivity contribution is 6.05. The quantitative estimate of drug-likeness (QED) is 0.692. The van der Waals surface area contributed by atoms with Crippen molar-refractivity contribution < 1.29 is 22.4 Å². The summed E-state index contributed by atoms with van der Waals surface area (Å²) in [6.07, 6.45) is -3.96. The molecule has 0 bridgehead atoms. The molecule has 0 aliphatic carbocycles. The number of alkyl halides is 3. The number of benzene rings is 2. The lowest BCUT2D eigenvalue weighted by molar-refractivity contribution is -0.143. The Kier molecular flexibility index (Phi) is 4.50. The molecular formula is C18H13F4N3O. The number of hydrogen-bond donors (Lipinski definition) is 1. The zero-order valence-electron chi connectivity index (χ0n) is 13.5. The SMILES string of the molecule is Cc1ccc(-n2ncc(C(=O)Nc3cccc(F)c3)c2C(F)(F)F)cc1. The standard InChI is InChI=1S/C18H13F4N3O/c1-11-5-7-14(8-6-11)25-16(18(20,21)22)15(10-23-25)17(26)24-13-4-2-3-12(19)9-13/h2-10H,1H3,(H,24,26). The molecule has 8 heteroatoms. The zero-order valence-corrected chi connectivity index (χ0v) is 13.5. The van der Waals surface area contributed by atoms with Gasteiger partial charge in [0.2, 0.25) is 0 Å². The lowest BCUT2D eigenvalue weighted by Gasteiger charge is -2.13. The molecule has 2 aromatic carbocycles. The molecule has 0 unspecified atom stereocenters. The molecule has 0 saturated carbocycles. The first-order valence-corrected chi connectivity index (χ1v) is 7.55. The maximum Gasteiger partial charge on any atom is 0.434 e. The van der Waals surface area contributed by atoms with Gasteiger partial charge in [0.15, 0.2) is 5.69 Å². The van der Waals surface area contributed by atoms with E-state index in [4.69, 9.17) is 0 Å². The number of nitrogens with one attached hydrogen (secondary N) is 1. The van der Waals surface area contributed by atoms with Gasteiger partial charge < -0.3 is 5.32 Å². The van der Waals surface area contributed by atoms with E-state index in [0.29, 0.717) is 4.68 Å². The summed E-state index contributed by atoms with van der Waals surface area (Å²) in [7, 11) is 0. The molecule has 1 amide bonds. The highest BCUT2D eigenvalue weighted by Gasteiger charge is 2.40. The van der Waals surface area contributed by atoms with E-state index in [1.807, 2.05) is 0 Å². The summed E-state index contributed by atoms with van der Waals surface area (Å²) in [4.78, 5) is 12.3. The highest BCUT2D eigenvalue weighted by atomic mass is 19.4. The molecule has 3 aromatic rings. The van der Waals surface area contributed by atoms with Crippen LogP contribution in [0.15, 0.2) is 54.7 Å². The van der Waals surface area contributed by atoms with Crippen molar-refractivity contribution in [2.45, 2.75) is 13.1 Å². The van der Waals surface area contributed by atoms with E-state index < -0.39 is 29.2 Å². The van der Waals surface area contributed by atoms with Gasteiger partial charge >= 0.3 is 6.18 Å². The minimum absolute atomic E-state index is 0.0474. The number of aryl methyl sites for hydroxylation is 1. The number of halogens is 4. The molecule has 1 aromatic heterocycles. The average molecular weight is 363 g/mol. The highest BCUT2D eigenvalue weighted by Crippen LogP contribution is 2.34. The largest absolute Gasteiger partial charge is 0.434 e. The fourth-order valence-electron chi connectivity index (χ4n) is 2.43. The molecule has 0 atom stereocenters. The van der Waals surface area contributed by atoms with E-state index in [1.165, 1.54) is 24.3 Å². The Morgan fingerprint density at radius 3 is 2.42 bits per heavy atom. The number of anilines is 1. The number of carbonyl (C=O) groups excluding carboxylic acids is 1. The molecule has 0 radical (unpaired) electrons. The van der Waals surface area contributed by atoms with Gasteiger partial charge in [-0.05, 0) is 37.3 Å². The van der Waals surface area contributed by atoms with Crippen molar-refractivity contribution >= 4 is 11.6 Å².